The first-order valence-corrected chi connectivity index (χ1v) is 9.63. The quantitative estimate of drug-likeness (QED) is 0.800. The van der Waals surface area contributed by atoms with Crippen molar-refractivity contribution in [2.24, 2.45) is 0 Å². The fourth-order valence-corrected chi connectivity index (χ4v) is 4.55. The maximum Gasteiger partial charge on any atom is 0.168 e. The van der Waals surface area contributed by atoms with Crippen molar-refractivity contribution in [3.63, 3.8) is 0 Å². The fraction of sp³-hybridized carbons (Fsp3) is 0.579. The van der Waals surface area contributed by atoms with Gasteiger partial charge in [-0.15, -0.1) is 0 Å². The van der Waals surface area contributed by atoms with Crippen LogP contribution in [0, 0.1) is 12.7 Å². The molecule has 2 N–H and O–H groups in total. The van der Waals surface area contributed by atoms with E-state index in [0.717, 1.165) is 43.0 Å². The number of piperazine rings is 1. The van der Waals surface area contributed by atoms with Gasteiger partial charge in [-0.3, -0.25) is 0 Å². The van der Waals surface area contributed by atoms with Crippen LogP contribution in [0.15, 0.2) is 6.20 Å². The molecule has 0 spiro atoms. The number of pyridine rings is 2. The molecule has 140 valence electrons. The second-order valence-electron chi connectivity index (χ2n) is 7.55. The molecular weight excluding hydrogens is 355 g/mol. The van der Waals surface area contributed by atoms with Gasteiger partial charge in [0.2, 0.25) is 0 Å². The summed E-state index contributed by atoms with van der Waals surface area (Å²) >= 11 is 5.98. The van der Waals surface area contributed by atoms with Gasteiger partial charge in [0.15, 0.2) is 11.0 Å². The average molecular weight is 379 g/mol. The van der Waals surface area contributed by atoms with Crippen LogP contribution in [-0.2, 0) is 0 Å². The zero-order chi connectivity index (χ0) is 18.4. The van der Waals surface area contributed by atoms with Crippen molar-refractivity contribution >= 4 is 28.2 Å². The van der Waals surface area contributed by atoms with Gasteiger partial charge < -0.3 is 15.3 Å². The van der Waals surface area contributed by atoms with Gasteiger partial charge in [-0.25, -0.2) is 14.4 Å². The van der Waals surface area contributed by atoms with Gasteiger partial charge in [0.25, 0.3) is 0 Å². The number of anilines is 1. The topological polar surface area (TPSA) is 61.3 Å². The van der Waals surface area contributed by atoms with Crippen LogP contribution in [0.4, 0.5) is 10.2 Å². The Balaban J connectivity index is 1.90. The first-order chi connectivity index (χ1) is 12.5. The van der Waals surface area contributed by atoms with Crippen molar-refractivity contribution in [1.29, 1.82) is 0 Å². The van der Waals surface area contributed by atoms with Gasteiger partial charge in [-0.1, -0.05) is 18.5 Å². The number of halogens is 2. The Kier molecular flexibility index (Phi) is 4.75. The maximum atomic E-state index is 14.9. The average Bonchev–Trinajstić information content (AvgIpc) is 2.96. The highest BCUT2D eigenvalue weighted by Gasteiger charge is 2.34. The van der Waals surface area contributed by atoms with E-state index in [4.69, 9.17) is 16.6 Å². The summed E-state index contributed by atoms with van der Waals surface area (Å²) in [5, 5.41) is 14.1. The number of nitrogens with one attached hydrogen (secondary N) is 1. The Hall–Kier alpha value is -1.50. The van der Waals surface area contributed by atoms with E-state index in [0.29, 0.717) is 29.3 Å². The molecule has 0 saturated carbocycles. The maximum absolute atomic E-state index is 14.9. The van der Waals surface area contributed by atoms with Gasteiger partial charge in [-0.05, 0) is 31.7 Å². The summed E-state index contributed by atoms with van der Waals surface area (Å²) in [6.07, 6.45) is 4.56. The summed E-state index contributed by atoms with van der Waals surface area (Å²) in [5.41, 5.74) is 1.61. The molecule has 26 heavy (non-hydrogen) atoms. The van der Waals surface area contributed by atoms with Gasteiger partial charge in [0.1, 0.15) is 5.82 Å². The highest BCUT2D eigenvalue weighted by atomic mass is 35.5. The number of aryl methyl sites for hydroxylation is 1. The van der Waals surface area contributed by atoms with Crippen molar-refractivity contribution < 1.29 is 9.50 Å². The SMILES string of the molecule is Cc1c(C(C)CCO)nc(N2CC3CCC(C2)N3)c2cnc(Cl)c(F)c12. The molecule has 4 rings (SSSR count). The molecule has 5 nitrogen and oxygen atoms in total. The molecular formula is C19H24ClFN4O. The highest BCUT2D eigenvalue weighted by Crippen LogP contribution is 2.37. The van der Waals surface area contributed by atoms with Gasteiger partial charge >= 0.3 is 0 Å². The minimum absolute atomic E-state index is 0.0362. The molecule has 2 fully saturated rings. The number of fused-ring (bicyclic) bond motifs is 3. The van der Waals surface area contributed by atoms with Gasteiger partial charge in [0, 0.05) is 60.4 Å². The Labute approximate surface area is 157 Å². The molecule has 2 saturated heterocycles. The van der Waals surface area contributed by atoms with Crippen molar-refractivity contribution in [1.82, 2.24) is 15.3 Å². The smallest absolute Gasteiger partial charge is 0.168 e. The lowest BCUT2D eigenvalue weighted by Crippen LogP contribution is -2.51. The summed E-state index contributed by atoms with van der Waals surface area (Å²) < 4.78 is 14.9. The lowest BCUT2D eigenvalue weighted by atomic mass is 9.95. The molecule has 3 unspecified atom stereocenters. The van der Waals surface area contributed by atoms with Crippen LogP contribution in [0.2, 0.25) is 5.15 Å². The molecule has 0 amide bonds. The van der Waals surface area contributed by atoms with E-state index in [1.807, 2.05) is 13.8 Å². The second-order valence-corrected chi connectivity index (χ2v) is 7.91. The van der Waals surface area contributed by atoms with Crippen molar-refractivity contribution in [2.75, 3.05) is 24.6 Å². The Morgan fingerprint density at radius 1 is 1.38 bits per heavy atom. The van der Waals surface area contributed by atoms with Crippen LogP contribution in [0.25, 0.3) is 10.8 Å². The molecule has 4 heterocycles. The first kappa shape index (κ1) is 17.9. The Bertz CT molecular complexity index is 834. The van der Waals surface area contributed by atoms with Crippen molar-refractivity contribution in [3.05, 3.63) is 28.4 Å². The van der Waals surface area contributed by atoms with Crippen LogP contribution in [0.1, 0.15) is 43.4 Å². The predicted molar refractivity (Wildman–Crippen MR) is 102 cm³/mol. The summed E-state index contributed by atoms with van der Waals surface area (Å²) in [6, 6.07) is 0.908. The zero-order valence-electron chi connectivity index (χ0n) is 15.1. The largest absolute Gasteiger partial charge is 0.396 e. The van der Waals surface area contributed by atoms with Crippen molar-refractivity contribution in [3.8, 4) is 0 Å². The lowest BCUT2D eigenvalue weighted by molar-refractivity contribution is 0.277. The minimum Gasteiger partial charge on any atom is -0.396 e. The molecule has 7 heteroatoms. The third-order valence-electron chi connectivity index (χ3n) is 5.75. The number of aliphatic hydroxyl groups excluding tert-OH is 1. The van der Waals surface area contributed by atoms with E-state index in [1.165, 1.54) is 0 Å². The molecule has 2 aliphatic heterocycles. The van der Waals surface area contributed by atoms with Crippen LogP contribution in [0.5, 0.6) is 0 Å². The summed E-state index contributed by atoms with van der Waals surface area (Å²) in [7, 11) is 0. The number of hydrogen-bond donors (Lipinski definition) is 2. The normalized spacial score (nSPS) is 23.7. The second kappa shape index (κ2) is 6.91. The van der Waals surface area contributed by atoms with Crippen LogP contribution >= 0.6 is 11.6 Å². The summed E-state index contributed by atoms with van der Waals surface area (Å²) in [5.74, 6) is 0.335. The van der Waals surface area contributed by atoms with E-state index in [-0.39, 0.29) is 17.7 Å². The number of aliphatic hydroxyl groups is 1. The lowest BCUT2D eigenvalue weighted by Gasteiger charge is -2.35. The van der Waals surface area contributed by atoms with Gasteiger partial charge in [-0.2, -0.15) is 0 Å². The third kappa shape index (κ3) is 2.94. The van der Waals surface area contributed by atoms with Crippen LogP contribution < -0.4 is 10.2 Å². The fourth-order valence-electron chi connectivity index (χ4n) is 4.41. The van der Waals surface area contributed by atoms with E-state index >= 15 is 0 Å². The van der Waals surface area contributed by atoms with Gasteiger partial charge in [0.05, 0.1) is 0 Å². The molecule has 0 aliphatic carbocycles. The number of hydrogen-bond acceptors (Lipinski definition) is 5. The van der Waals surface area contributed by atoms with Crippen LogP contribution in [-0.4, -0.2) is 46.9 Å². The standard InChI is InChI=1S/C19H24ClFN4O/c1-10(5-6-26)17-11(2)15-14(7-22-18(20)16(15)21)19(24-17)25-8-12-3-4-13(9-25)23-12/h7,10,12-13,23,26H,3-6,8-9H2,1-2H3. The predicted octanol–water partition coefficient (Wildman–Crippen LogP) is 3.16. The zero-order valence-corrected chi connectivity index (χ0v) is 15.9. The molecule has 0 aromatic carbocycles. The van der Waals surface area contributed by atoms with Crippen molar-refractivity contribution in [2.45, 2.75) is 51.1 Å². The number of rotatable bonds is 4. The molecule has 3 atom stereocenters. The molecule has 2 aromatic heterocycles. The van der Waals surface area contributed by atoms with E-state index in [2.05, 4.69) is 15.2 Å². The first-order valence-electron chi connectivity index (χ1n) is 9.25. The third-order valence-corrected chi connectivity index (χ3v) is 6.01. The molecule has 0 radical (unpaired) electrons. The number of nitrogens with zero attached hydrogens (tertiary/aromatic N) is 3. The number of aromatic nitrogens is 2. The molecule has 2 aromatic rings. The Morgan fingerprint density at radius 3 is 2.73 bits per heavy atom. The van der Waals surface area contributed by atoms with E-state index in [1.54, 1.807) is 6.20 Å². The molecule has 2 aliphatic rings. The van der Waals surface area contributed by atoms with Crippen LogP contribution in [0.3, 0.4) is 0 Å². The summed E-state index contributed by atoms with van der Waals surface area (Å²) in [4.78, 5) is 11.2. The summed E-state index contributed by atoms with van der Waals surface area (Å²) in [6.45, 7) is 5.69. The molecule has 2 bridgehead atoms. The Morgan fingerprint density at radius 2 is 2.08 bits per heavy atom. The minimum atomic E-state index is -0.485. The highest BCUT2D eigenvalue weighted by molar-refractivity contribution is 6.30. The monoisotopic (exact) mass is 378 g/mol. The van der Waals surface area contributed by atoms with E-state index < -0.39 is 5.82 Å². The van der Waals surface area contributed by atoms with E-state index in [9.17, 15) is 9.50 Å².